The second-order valence-electron chi connectivity index (χ2n) is 4.51. The predicted octanol–water partition coefficient (Wildman–Crippen LogP) is 2.20. The quantitative estimate of drug-likeness (QED) is 0.717. The van der Waals surface area contributed by atoms with Gasteiger partial charge in [0.05, 0.1) is 6.04 Å². The van der Waals surface area contributed by atoms with E-state index < -0.39 is 5.97 Å². The normalized spacial score (nSPS) is 13.6. The zero-order valence-electron chi connectivity index (χ0n) is 11.7. The van der Waals surface area contributed by atoms with E-state index in [4.69, 9.17) is 5.11 Å². The van der Waals surface area contributed by atoms with Gasteiger partial charge in [-0.05, 0) is 24.9 Å². The van der Waals surface area contributed by atoms with E-state index in [0.717, 1.165) is 5.75 Å². The van der Waals surface area contributed by atoms with E-state index in [-0.39, 0.29) is 17.8 Å². The summed E-state index contributed by atoms with van der Waals surface area (Å²) in [6.45, 7) is 4.45. The Morgan fingerprint density at radius 2 is 2.20 bits per heavy atom. The molecular formula is C12H19N3O3S2. The number of aromatic nitrogens is 1. The smallest absolute Gasteiger partial charge is 0.355 e. The summed E-state index contributed by atoms with van der Waals surface area (Å²) in [5.74, 6) is 0.337. The Labute approximate surface area is 126 Å². The summed E-state index contributed by atoms with van der Waals surface area (Å²) in [5, 5.41) is 16.4. The number of amides is 2. The molecule has 0 radical (unpaired) electrons. The van der Waals surface area contributed by atoms with Crippen LogP contribution in [-0.4, -0.2) is 40.6 Å². The number of carbonyl (C=O) groups excluding carboxylic acids is 1. The maximum atomic E-state index is 11.7. The Hall–Kier alpha value is -1.28. The van der Waals surface area contributed by atoms with Gasteiger partial charge < -0.3 is 15.7 Å². The highest BCUT2D eigenvalue weighted by Crippen LogP contribution is 2.17. The zero-order valence-corrected chi connectivity index (χ0v) is 13.3. The number of carboxylic acid groups (broad SMARTS) is 1. The van der Waals surface area contributed by atoms with Gasteiger partial charge in [-0.25, -0.2) is 14.6 Å². The van der Waals surface area contributed by atoms with Crippen molar-refractivity contribution in [2.24, 2.45) is 5.92 Å². The number of thiazole rings is 1. The molecule has 8 heteroatoms. The maximum Gasteiger partial charge on any atom is 0.355 e. The molecule has 1 rings (SSSR count). The molecule has 0 saturated heterocycles. The predicted molar refractivity (Wildman–Crippen MR) is 81.6 cm³/mol. The zero-order chi connectivity index (χ0) is 15.1. The first kappa shape index (κ1) is 16.8. The van der Waals surface area contributed by atoms with E-state index in [1.807, 2.05) is 6.26 Å². The minimum atomic E-state index is -1.06. The fourth-order valence-corrected chi connectivity index (χ4v) is 2.99. The monoisotopic (exact) mass is 317 g/mol. The number of urea groups is 1. The molecule has 3 N–H and O–H groups in total. The second-order valence-corrected chi connectivity index (χ2v) is 6.31. The van der Waals surface area contributed by atoms with Gasteiger partial charge >= 0.3 is 12.0 Å². The summed E-state index contributed by atoms with van der Waals surface area (Å²) < 4.78 is 0. The third-order valence-corrected chi connectivity index (χ3v) is 4.45. The molecule has 1 aromatic rings. The van der Waals surface area contributed by atoms with Gasteiger partial charge in [-0.1, -0.05) is 6.92 Å². The SMILES string of the molecule is CSCC(C)CNC(=O)NC(C)c1nc(C(=O)O)cs1. The number of aromatic carboxylic acids is 1. The van der Waals surface area contributed by atoms with Crippen LogP contribution in [0.5, 0.6) is 0 Å². The Kier molecular flexibility index (Phi) is 6.80. The minimum Gasteiger partial charge on any atom is -0.476 e. The van der Waals surface area contributed by atoms with Crippen molar-refractivity contribution in [1.82, 2.24) is 15.6 Å². The molecule has 0 fully saturated rings. The van der Waals surface area contributed by atoms with Gasteiger partial charge in [0.2, 0.25) is 0 Å². The van der Waals surface area contributed by atoms with Crippen molar-refractivity contribution < 1.29 is 14.7 Å². The van der Waals surface area contributed by atoms with E-state index in [1.165, 1.54) is 16.7 Å². The van der Waals surface area contributed by atoms with Gasteiger partial charge in [-0.2, -0.15) is 11.8 Å². The lowest BCUT2D eigenvalue weighted by atomic mass is 10.2. The highest BCUT2D eigenvalue weighted by Gasteiger charge is 2.16. The molecule has 6 nitrogen and oxygen atoms in total. The minimum absolute atomic E-state index is 0.00708. The summed E-state index contributed by atoms with van der Waals surface area (Å²) in [4.78, 5) is 26.4. The van der Waals surface area contributed by atoms with E-state index in [9.17, 15) is 9.59 Å². The van der Waals surface area contributed by atoms with E-state index in [0.29, 0.717) is 17.5 Å². The Morgan fingerprint density at radius 1 is 1.50 bits per heavy atom. The van der Waals surface area contributed by atoms with Crippen LogP contribution in [-0.2, 0) is 0 Å². The third kappa shape index (κ3) is 5.38. The van der Waals surface area contributed by atoms with Crippen LogP contribution in [0.4, 0.5) is 4.79 Å². The summed E-state index contributed by atoms with van der Waals surface area (Å²) in [7, 11) is 0. The van der Waals surface area contributed by atoms with Crippen LogP contribution in [0, 0.1) is 5.92 Å². The molecule has 2 amide bonds. The summed E-state index contributed by atoms with van der Waals surface area (Å²) in [6, 6.07) is -0.582. The summed E-state index contributed by atoms with van der Waals surface area (Å²) >= 11 is 2.96. The van der Waals surface area contributed by atoms with Gasteiger partial charge in [0, 0.05) is 11.9 Å². The van der Waals surface area contributed by atoms with Crippen molar-refractivity contribution in [2.45, 2.75) is 19.9 Å². The standard InChI is InChI=1S/C12H19N3O3S2/c1-7(5-19-3)4-13-12(18)14-8(2)10-15-9(6-20-10)11(16)17/h6-8H,4-5H2,1-3H3,(H,16,17)(H2,13,14,18). The van der Waals surface area contributed by atoms with Crippen molar-refractivity contribution in [1.29, 1.82) is 0 Å². The van der Waals surface area contributed by atoms with Crippen LogP contribution in [0.15, 0.2) is 5.38 Å². The number of nitrogens with one attached hydrogen (secondary N) is 2. The fourth-order valence-electron chi connectivity index (χ4n) is 1.50. The highest BCUT2D eigenvalue weighted by atomic mass is 32.2. The molecular weight excluding hydrogens is 298 g/mol. The van der Waals surface area contributed by atoms with Crippen LogP contribution in [0.3, 0.4) is 0 Å². The molecule has 20 heavy (non-hydrogen) atoms. The number of rotatable bonds is 7. The average Bonchev–Trinajstić information content (AvgIpc) is 2.86. The van der Waals surface area contributed by atoms with Crippen LogP contribution in [0.25, 0.3) is 0 Å². The molecule has 1 aromatic heterocycles. The molecule has 2 unspecified atom stereocenters. The fraction of sp³-hybridized carbons (Fsp3) is 0.583. The van der Waals surface area contributed by atoms with Crippen LogP contribution < -0.4 is 10.6 Å². The van der Waals surface area contributed by atoms with Gasteiger partial charge in [0.1, 0.15) is 5.01 Å². The molecule has 0 aliphatic rings. The van der Waals surface area contributed by atoms with E-state index in [2.05, 4.69) is 22.5 Å². The first-order valence-corrected chi connectivity index (χ1v) is 8.43. The lowest BCUT2D eigenvalue weighted by molar-refractivity contribution is 0.0691. The molecule has 0 saturated carbocycles. The van der Waals surface area contributed by atoms with Crippen molar-refractivity contribution >= 4 is 35.1 Å². The van der Waals surface area contributed by atoms with E-state index in [1.54, 1.807) is 18.7 Å². The Bertz CT molecular complexity index is 465. The molecule has 0 aliphatic carbocycles. The second kappa shape index (κ2) is 8.11. The van der Waals surface area contributed by atoms with Gasteiger partial charge in [-0.3, -0.25) is 0 Å². The van der Waals surface area contributed by atoms with Crippen molar-refractivity contribution in [2.75, 3.05) is 18.6 Å². The van der Waals surface area contributed by atoms with Crippen LogP contribution in [0.2, 0.25) is 0 Å². The first-order valence-electron chi connectivity index (χ1n) is 6.16. The molecule has 0 aliphatic heterocycles. The largest absolute Gasteiger partial charge is 0.476 e. The molecule has 0 bridgehead atoms. The summed E-state index contributed by atoms with van der Waals surface area (Å²) in [6.07, 6.45) is 2.03. The number of hydrogen-bond acceptors (Lipinski definition) is 5. The molecule has 1 heterocycles. The maximum absolute atomic E-state index is 11.7. The number of thioether (sulfide) groups is 1. The summed E-state index contributed by atoms with van der Waals surface area (Å²) in [5.41, 5.74) is 0.00708. The Morgan fingerprint density at radius 3 is 2.75 bits per heavy atom. The third-order valence-electron chi connectivity index (χ3n) is 2.52. The number of carbonyl (C=O) groups is 2. The van der Waals surface area contributed by atoms with Gasteiger partial charge in [0.25, 0.3) is 0 Å². The van der Waals surface area contributed by atoms with Crippen molar-refractivity contribution in [3.63, 3.8) is 0 Å². The topological polar surface area (TPSA) is 91.3 Å². The lowest BCUT2D eigenvalue weighted by Gasteiger charge is -2.14. The van der Waals surface area contributed by atoms with E-state index >= 15 is 0 Å². The average molecular weight is 317 g/mol. The number of nitrogens with zero attached hydrogens (tertiary/aromatic N) is 1. The van der Waals surface area contributed by atoms with Gasteiger partial charge in [0.15, 0.2) is 5.69 Å². The number of hydrogen-bond donors (Lipinski definition) is 3. The molecule has 0 aromatic carbocycles. The Balaban J connectivity index is 2.42. The van der Waals surface area contributed by atoms with Gasteiger partial charge in [-0.15, -0.1) is 11.3 Å². The number of carboxylic acids is 1. The van der Waals surface area contributed by atoms with Crippen LogP contribution in [0.1, 0.15) is 35.4 Å². The van der Waals surface area contributed by atoms with Crippen molar-refractivity contribution in [3.8, 4) is 0 Å². The molecule has 0 spiro atoms. The van der Waals surface area contributed by atoms with Crippen LogP contribution >= 0.6 is 23.1 Å². The molecule has 2 atom stereocenters. The van der Waals surface area contributed by atoms with Crippen molar-refractivity contribution in [3.05, 3.63) is 16.1 Å². The molecule has 112 valence electrons. The first-order chi connectivity index (χ1) is 9.43. The highest BCUT2D eigenvalue weighted by molar-refractivity contribution is 7.98. The lowest BCUT2D eigenvalue weighted by Crippen LogP contribution is -2.39.